The zero-order valence-electron chi connectivity index (χ0n) is 11.4. The molecule has 1 aromatic rings. The normalized spacial score (nSPS) is 33.9. The molecule has 0 aromatic carbocycles. The third-order valence-corrected chi connectivity index (χ3v) is 4.01. The molecule has 0 radical (unpaired) electrons. The predicted molar refractivity (Wildman–Crippen MR) is 68.5 cm³/mol. The van der Waals surface area contributed by atoms with Crippen LogP contribution in [0.15, 0.2) is 4.52 Å². The van der Waals surface area contributed by atoms with Gasteiger partial charge in [-0.1, -0.05) is 5.16 Å². The molecule has 0 spiro atoms. The Bertz CT molecular complexity index is 438. The number of aromatic nitrogens is 2. The molecule has 19 heavy (non-hydrogen) atoms. The lowest BCUT2D eigenvalue weighted by molar-refractivity contribution is 0.108. The first-order chi connectivity index (χ1) is 9.13. The maximum Gasteiger partial charge on any atom is 0.243 e. The van der Waals surface area contributed by atoms with Crippen LogP contribution in [0, 0.1) is 0 Å². The Morgan fingerprint density at radius 2 is 2.21 bits per heavy atom. The molecular formula is C12H21N5O2. The number of hydrogen-bond donors (Lipinski definition) is 2. The fourth-order valence-corrected chi connectivity index (χ4v) is 2.72. The molecule has 1 aromatic heterocycles. The molecule has 7 heteroatoms. The van der Waals surface area contributed by atoms with Crippen LogP contribution in [-0.4, -0.2) is 71.4 Å². The SMILES string of the molecule is CN1CCN(C)C(c2noc([C@@H]3CC(O)CN3)n2)C1. The summed E-state index contributed by atoms with van der Waals surface area (Å²) in [5, 5.41) is 16.8. The number of rotatable bonds is 2. The number of aliphatic hydroxyl groups excluding tert-OH is 1. The number of piperazine rings is 1. The average molecular weight is 267 g/mol. The Balaban J connectivity index is 1.73. The van der Waals surface area contributed by atoms with Crippen molar-refractivity contribution in [3.63, 3.8) is 0 Å². The minimum absolute atomic E-state index is 0.0112. The fourth-order valence-electron chi connectivity index (χ4n) is 2.72. The molecule has 2 aliphatic heterocycles. The van der Waals surface area contributed by atoms with Gasteiger partial charge in [-0.15, -0.1) is 0 Å². The number of hydrogen-bond acceptors (Lipinski definition) is 7. The molecule has 0 aliphatic carbocycles. The van der Waals surface area contributed by atoms with Crippen molar-refractivity contribution in [3.8, 4) is 0 Å². The smallest absolute Gasteiger partial charge is 0.243 e. The monoisotopic (exact) mass is 267 g/mol. The van der Waals surface area contributed by atoms with Gasteiger partial charge in [-0.05, 0) is 20.5 Å². The van der Waals surface area contributed by atoms with Crippen LogP contribution in [0.4, 0.5) is 0 Å². The highest BCUT2D eigenvalue weighted by Crippen LogP contribution is 2.25. The summed E-state index contributed by atoms with van der Waals surface area (Å²) in [6.07, 6.45) is 0.325. The van der Waals surface area contributed by atoms with E-state index in [-0.39, 0.29) is 18.2 Å². The highest BCUT2D eigenvalue weighted by atomic mass is 16.5. The second kappa shape index (κ2) is 5.16. The zero-order valence-corrected chi connectivity index (χ0v) is 11.4. The van der Waals surface area contributed by atoms with E-state index < -0.39 is 0 Å². The average Bonchev–Trinajstić information content (AvgIpc) is 3.00. The molecule has 7 nitrogen and oxygen atoms in total. The molecule has 2 aliphatic rings. The van der Waals surface area contributed by atoms with E-state index in [1.807, 2.05) is 0 Å². The van der Waals surface area contributed by atoms with Crippen molar-refractivity contribution >= 4 is 0 Å². The fraction of sp³-hybridized carbons (Fsp3) is 0.833. The van der Waals surface area contributed by atoms with Crippen LogP contribution in [0.5, 0.6) is 0 Å². The molecule has 0 amide bonds. The van der Waals surface area contributed by atoms with Gasteiger partial charge in [-0.2, -0.15) is 4.98 Å². The van der Waals surface area contributed by atoms with Crippen molar-refractivity contribution in [2.75, 3.05) is 40.3 Å². The summed E-state index contributed by atoms with van der Waals surface area (Å²) in [4.78, 5) is 9.05. The first-order valence-electron chi connectivity index (χ1n) is 6.77. The largest absolute Gasteiger partial charge is 0.392 e. The summed E-state index contributed by atoms with van der Waals surface area (Å²) >= 11 is 0. The standard InChI is InChI=1S/C12H21N5O2/c1-16-3-4-17(2)10(7-16)11-14-12(19-15-11)9-5-8(18)6-13-9/h8-10,13,18H,3-7H2,1-2H3/t8?,9-,10?/m0/s1. The lowest BCUT2D eigenvalue weighted by Crippen LogP contribution is -2.45. The van der Waals surface area contributed by atoms with E-state index in [1.165, 1.54) is 0 Å². The molecule has 106 valence electrons. The van der Waals surface area contributed by atoms with Gasteiger partial charge in [0, 0.05) is 26.2 Å². The molecule has 3 heterocycles. The zero-order chi connectivity index (χ0) is 13.4. The van der Waals surface area contributed by atoms with Gasteiger partial charge in [0.05, 0.1) is 18.2 Å². The van der Waals surface area contributed by atoms with Gasteiger partial charge in [-0.3, -0.25) is 4.90 Å². The van der Waals surface area contributed by atoms with Crippen molar-refractivity contribution in [3.05, 3.63) is 11.7 Å². The molecular weight excluding hydrogens is 246 g/mol. The number of nitrogens with one attached hydrogen (secondary N) is 1. The highest BCUT2D eigenvalue weighted by molar-refractivity contribution is 5.02. The predicted octanol–water partition coefficient (Wildman–Crippen LogP) is -0.617. The lowest BCUT2D eigenvalue weighted by Gasteiger charge is -2.35. The maximum absolute atomic E-state index is 9.53. The van der Waals surface area contributed by atoms with Gasteiger partial charge in [-0.25, -0.2) is 0 Å². The molecule has 0 bridgehead atoms. The molecule has 2 N–H and O–H groups in total. The van der Waals surface area contributed by atoms with Gasteiger partial charge < -0.3 is 19.8 Å². The molecule has 2 saturated heterocycles. The Morgan fingerprint density at radius 1 is 1.37 bits per heavy atom. The van der Waals surface area contributed by atoms with Crippen molar-refractivity contribution in [1.82, 2.24) is 25.3 Å². The lowest BCUT2D eigenvalue weighted by atomic mass is 10.1. The quantitative estimate of drug-likeness (QED) is 0.739. The number of nitrogens with zero attached hydrogens (tertiary/aromatic N) is 4. The summed E-state index contributed by atoms with van der Waals surface area (Å²) in [6, 6.07) is 0.172. The van der Waals surface area contributed by atoms with Gasteiger partial charge in [0.25, 0.3) is 0 Å². The maximum atomic E-state index is 9.53. The molecule has 3 rings (SSSR count). The van der Waals surface area contributed by atoms with Crippen LogP contribution in [0.2, 0.25) is 0 Å². The van der Waals surface area contributed by atoms with E-state index in [1.54, 1.807) is 0 Å². The van der Waals surface area contributed by atoms with Gasteiger partial charge in [0.1, 0.15) is 0 Å². The minimum Gasteiger partial charge on any atom is -0.392 e. The van der Waals surface area contributed by atoms with E-state index in [2.05, 4.69) is 39.4 Å². The number of likely N-dealkylation sites (N-methyl/N-ethyl adjacent to an activating group) is 2. The molecule has 2 fully saturated rings. The third-order valence-electron chi connectivity index (χ3n) is 4.01. The summed E-state index contributed by atoms with van der Waals surface area (Å²) in [5.74, 6) is 1.33. The topological polar surface area (TPSA) is 77.7 Å². The highest BCUT2D eigenvalue weighted by Gasteiger charge is 2.31. The summed E-state index contributed by atoms with van der Waals surface area (Å²) in [7, 11) is 4.20. The molecule has 2 unspecified atom stereocenters. The Labute approximate surface area is 112 Å². The van der Waals surface area contributed by atoms with Crippen LogP contribution in [0.3, 0.4) is 0 Å². The first-order valence-corrected chi connectivity index (χ1v) is 6.77. The van der Waals surface area contributed by atoms with Gasteiger partial charge in [0.2, 0.25) is 5.89 Å². The van der Waals surface area contributed by atoms with E-state index in [9.17, 15) is 5.11 Å². The molecule has 3 atom stereocenters. The van der Waals surface area contributed by atoms with Crippen molar-refractivity contribution in [1.29, 1.82) is 0 Å². The second-order valence-electron chi connectivity index (χ2n) is 5.60. The Kier molecular flexibility index (Phi) is 3.53. The van der Waals surface area contributed by atoms with Crippen LogP contribution >= 0.6 is 0 Å². The van der Waals surface area contributed by atoms with Crippen LogP contribution in [0.1, 0.15) is 30.2 Å². The minimum atomic E-state index is -0.316. The second-order valence-corrected chi connectivity index (χ2v) is 5.60. The number of β-amino-alcohol motifs (C(OH)–C–C–N with tert-alkyl or cyclic N) is 1. The van der Waals surface area contributed by atoms with Crippen LogP contribution < -0.4 is 5.32 Å². The Hall–Kier alpha value is -1.02. The summed E-state index contributed by atoms with van der Waals surface area (Å²) in [6.45, 7) is 3.57. The van der Waals surface area contributed by atoms with Crippen molar-refractivity contribution < 1.29 is 9.63 Å². The van der Waals surface area contributed by atoms with Crippen molar-refractivity contribution in [2.24, 2.45) is 0 Å². The Morgan fingerprint density at radius 3 is 2.95 bits per heavy atom. The van der Waals surface area contributed by atoms with E-state index in [4.69, 9.17) is 4.52 Å². The van der Waals surface area contributed by atoms with E-state index >= 15 is 0 Å². The van der Waals surface area contributed by atoms with Crippen LogP contribution in [0.25, 0.3) is 0 Å². The third kappa shape index (κ3) is 2.64. The van der Waals surface area contributed by atoms with Crippen molar-refractivity contribution in [2.45, 2.75) is 24.6 Å². The molecule has 0 saturated carbocycles. The van der Waals surface area contributed by atoms with Gasteiger partial charge in [0.15, 0.2) is 5.82 Å². The van der Waals surface area contributed by atoms with E-state index in [0.717, 1.165) is 25.5 Å². The van der Waals surface area contributed by atoms with E-state index in [0.29, 0.717) is 18.9 Å². The van der Waals surface area contributed by atoms with Crippen LogP contribution in [-0.2, 0) is 0 Å². The first kappa shape index (κ1) is 13.0. The summed E-state index contributed by atoms with van der Waals surface area (Å²) in [5.41, 5.74) is 0. The summed E-state index contributed by atoms with van der Waals surface area (Å²) < 4.78 is 5.35. The van der Waals surface area contributed by atoms with Gasteiger partial charge >= 0.3 is 0 Å². The number of aliphatic hydroxyl groups is 1.